The molecule has 9 heteroatoms. The number of rotatable bonds is 5. The van der Waals surface area contributed by atoms with Crippen LogP contribution in [0.2, 0.25) is 0 Å². The zero-order valence-corrected chi connectivity index (χ0v) is 21.7. The van der Waals surface area contributed by atoms with Crippen molar-refractivity contribution >= 4 is 46.6 Å². The number of ether oxygens (including phenoxy) is 3. The first-order valence-corrected chi connectivity index (χ1v) is 12.3. The number of carbonyl (C=O) groups is 3. The van der Waals surface area contributed by atoms with Crippen LogP contribution in [0.4, 0.5) is 4.79 Å². The van der Waals surface area contributed by atoms with Gasteiger partial charge in [-0.15, -0.1) is 0 Å². The summed E-state index contributed by atoms with van der Waals surface area (Å²) in [4.78, 5) is 38.4. The third kappa shape index (κ3) is 4.24. The van der Waals surface area contributed by atoms with Gasteiger partial charge in [0, 0.05) is 5.92 Å². The zero-order chi connectivity index (χ0) is 24.7. The van der Waals surface area contributed by atoms with E-state index in [0.717, 1.165) is 35.1 Å². The SMILES string of the molecule is COC(=O)N1C(=O)[C@@H]2[C@@H](CC(C)=C3[C@@H](CC/C(C)=C/c4cc(I)c(O)c(OC)c4)OC[C@@H]32)C1=O. The van der Waals surface area contributed by atoms with Crippen molar-refractivity contribution in [3.8, 4) is 11.5 Å². The normalized spacial score (nSPS) is 26.6. The molecule has 0 bridgehead atoms. The van der Waals surface area contributed by atoms with Crippen LogP contribution in [0.3, 0.4) is 0 Å². The van der Waals surface area contributed by atoms with Crippen molar-refractivity contribution in [1.82, 2.24) is 4.90 Å². The maximum atomic E-state index is 13.0. The zero-order valence-electron chi connectivity index (χ0n) is 19.6. The molecule has 182 valence electrons. The smallest absolute Gasteiger partial charge is 0.423 e. The molecule has 4 atom stereocenters. The van der Waals surface area contributed by atoms with Crippen LogP contribution in [-0.2, 0) is 19.1 Å². The first kappa shape index (κ1) is 24.7. The van der Waals surface area contributed by atoms with Gasteiger partial charge >= 0.3 is 6.09 Å². The second-order valence-electron chi connectivity index (χ2n) is 9.07. The second-order valence-corrected chi connectivity index (χ2v) is 10.2. The van der Waals surface area contributed by atoms with Gasteiger partial charge in [0.1, 0.15) is 0 Å². The monoisotopic (exact) mass is 581 g/mol. The predicted molar refractivity (Wildman–Crippen MR) is 132 cm³/mol. The molecule has 0 saturated carbocycles. The number of methoxy groups -OCH3 is 2. The van der Waals surface area contributed by atoms with Gasteiger partial charge in [-0.05, 0) is 79.0 Å². The lowest BCUT2D eigenvalue weighted by Crippen LogP contribution is -2.37. The molecular formula is C25H28INO7. The standard InChI is InChI=1S/C25H28INO7/c1-12(7-14-9-17(26)22(28)19(10-14)32-3)5-6-18-20-13(2)8-15-21(16(20)11-34-18)24(30)27(23(15)29)25(31)33-4/h7,9-10,15-16,18,21,28H,5-6,8,11H2,1-4H3/b12-7+/t15-,16+,18-,21-/m1/s1. The molecule has 8 nitrogen and oxygen atoms in total. The number of allylic oxidation sites excluding steroid dienone is 2. The first-order chi connectivity index (χ1) is 16.2. The molecule has 0 aromatic heterocycles. The molecule has 2 saturated heterocycles. The lowest BCUT2D eigenvalue weighted by atomic mass is 9.70. The van der Waals surface area contributed by atoms with E-state index in [1.54, 1.807) is 6.07 Å². The number of aromatic hydroxyl groups is 1. The van der Waals surface area contributed by atoms with Crippen LogP contribution in [0.25, 0.3) is 6.08 Å². The molecule has 4 rings (SSSR count). The van der Waals surface area contributed by atoms with Crippen LogP contribution in [0.5, 0.6) is 11.5 Å². The molecule has 2 heterocycles. The van der Waals surface area contributed by atoms with Gasteiger partial charge in [-0.2, -0.15) is 4.90 Å². The van der Waals surface area contributed by atoms with E-state index in [9.17, 15) is 19.5 Å². The molecule has 1 aliphatic carbocycles. The van der Waals surface area contributed by atoms with E-state index in [0.29, 0.717) is 27.2 Å². The number of imide groups is 3. The minimum Gasteiger partial charge on any atom is -0.504 e. The summed E-state index contributed by atoms with van der Waals surface area (Å²) in [5.74, 6) is -1.68. The largest absolute Gasteiger partial charge is 0.504 e. The Morgan fingerprint density at radius 2 is 2.00 bits per heavy atom. The summed E-state index contributed by atoms with van der Waals surface area (Å²) >= 11 is 2.07. The highest BCUT2D eigenvalue weighted by atomic mass is 127. The Balaban J connectivity index is 1.49. The molecule has 3 amide bonds. The van der Waals surface area contributed by atoms with Gasteiger partial charge in [0.25, 0.3) is 0 Å². The molecule has 3 aliphatic rings. The Labute approximate surface area is 212 Å². The quantitative estimate of drug-likeness (QED) is 0.315. The van der Waals surface area contributed by atoms with E-state index in [2.05, 4.69) is 33.4 Å². The molecular weight excluding hydrogens is 553 g/mol. The highest BCUT2D eigenvalue weighted by Gasteiger charge is 2.58. The van der Waals surface area contributed by atoms with Crippen molar-refractivity contribution in [3.05, 3.63) is 38.0 Å². The number of phenolic OH excluding ortho intramolecular Hbond substituents is 1. The topological polar surface area (TPSA) is 102 Å². The predicted octanol–water partition coefficient (Wildman–Crippen LogP) is 4.29. The molecule has 1 N–H and O–H groups in total. The van der Waals surface area contributed by atoms with E-state index in [-0.39, 0.29) is 17.8 Å². The van der Waals surface area contributed by atoms with Crippen LogP contribution < -0.4 is 4.74 Å². The number of fused-ring (bicyclic) bond motifs is 3. The Kier molecular flexibility index (Phi) is 7.04. The number of hydrogen-bond donors (Lipinski definition) is 1. The number of benzene rings is 1. The van der Waals surface area contributed by atoms with E-state index in [1.165, 1.54) is 14.2 Å². The molecule has 0 spiro atoms. The lowest BCUT2D eigenvalue weighted by Gasteiger charge is -2.30. The highest BCUT2D eigenvalue weighted by Crippen LogP contribution is 2.49. The molecule has 0 unspecified atom stereocenters. The molecule has 2 aliphatic heterocycles. The number of amides is 3. The van der Waals surface area contributed by atoms with Crippen molar-refractivity contribution < 1.29 is 33.7 Å². The minimum absolute atomic E-state index is 0.126. The highest BCUT2D eigenvalue weighted by molar-refractivity contribution is 14.1. The van der Waals surface area contributed by atoms with Crippen molar-refractivity contribution in [2.75, 3.05) is 20.8 Å². The number of halogens is 1. The van der Waals surface area contributed by atoms with Gasteiger partial charge < -0.3 is 19.3 Å². The molecule has 1 aromatic carbocycles. The molecule has 2 fully saturated rings. The minimum atomic E-state index is -0.916. The molecule has 1 aromatic rings. The third-order valence-electron chi connectivity index (χ3n) is 6.99. The fourth-order valence-electron chi connectivity index (χ4n) is 5.45. The Hall–Kier alpha value is -2.40. The van der Waals surface area contributed by atoms with Crippen LogP contribution in [0.15, 0.2) is 28.9 Å². The van der Waals surface area contributed by atoms with Crippen LogP contribution in [0.1, 0.15) is 38.7 Å². The van der Waals surface area contributed by atoms with E-state index in [4.69, 9.17) is 9.47 Å². The Morgan fingerprint density at radius 3 is 2.68 bits per heavy atom. The second kappa shape index (κ2) is 9.69. The maximum Gasteiger partial charge on any atom is 0.423 e. The molecule has 0 radical (unpaired) electrons. The van der Waals surface area contributed by atoms with Gasteiger partial charge in [-0.25, -0.2) is 4.79 Å². The van der Waals surface area contributed by atoms with Gasteiger partial charge in [0.2, 0.25) is 11.8 Å². The number of carbonyl (C=O) groups excluding carboxylic acids is 3. The van der Waals surface area contributed by atoms with Crippen LogP contribution >= 0.6 is 22.6 Å². The average Bonchev–Trinajstić information content (AvgIpc) is 3.33. The summed E-state index contributed by atoms with van der Waals surface area (Å²) in [5, 5.41) is 10.1. The van der Waals surface area contributed by atoms with E-state index in [1.807, 2.05) is 19.9 Å². The van der Waals surface area contributed by atoms with Crippen molar-refractivity contribution in [1.29, 1.82) is 0 Å². The van der Waals surface area contributed by atoms with Crippen molar-refractivity contribution in [2.45, 2.75) is 39.2 Å². The van der Waals surface area contributed by atoms with Crippen molar-refractivity contribution in [3.63, 3.8) is 0 Å². The van der Waals surface area contributed by atoms with Gasteiger partial charge in [0.15, 0.2) is 11.5 Å². The Bertz CT molecular complexity index is 1110. The summed E-state index contributed by atoms with van der Waals surface area (Å²) in [6, 6.07) is 3.70. The van der Waals surface area contributed by atoms with Crippen molar-refractivity contribution in [2.24, 2.45) is 17.8 Å². The van der Waals surface area contributed by atoms with Gasteiger partial charge in [-0.3, -0.25) is 9.59 Å². The fourth-order valence-corrected chi connectivity index (χ4v) is 6.07. The lowest BCUT2D eigenvalue weighted by molar-refractivity contribution is -0.137. The van der Waals surface area contributed by atoms with Gasteiger partial charge in [0.05, 0.1) is 42.3 Å². The summed E-state index contributed by atoms with van der Waals surface area (Å²) < 4.78 is 16.7. The number of likely N-dealkylation sites (tertiary alicyclic amines) is 1. The number of hydrogen-bond acceptors (Lipinski definition) is 7. The van der Waals surface area contributed by atoms with Crippen LogP contribution in [-0.4, -0.2) is 54.8 Å². The number of nitrogens with zero attached hydrogens (tertiary/aromatic N) is 1. The van der Waals surface area contributed by atoms with Gasteiger partial charge in [-0.1, -0.05) is 17.2 Å². The maximum absolute atomic E-state index is 13.0. The van der Waals surface area contributed by atoms with Crippen LogP contribution in [0, 0.1) is 21.3 Å². The summed E-state index contributed by atoms with van der Waals surface area (Å²) in [6.07, 6.45) is 3.00. The fraction of sp³-hybridized carbons (Fsp3) is 0.480. The summed E-state index contributed by atoms with van der Waals surface area (Å²) in [5.41, 5.74) is 4.26. The molecule has 34 heavy (non-hydrogen) atoms. The number of phenols is 1. The summed E-state index contributed by atoms with van der Waals surface area (Å²) in [6.45, 7) is 4.40. The Morgan fingerprint density at radius 1 is 1.26 bits per heavy atom. The summed E-state index contributed by atoms with van der Waals surface area (Å²) in [7, 11) is 2.69. The van der Waals surface area contributed by atoms with E-state index >= 15 is 0 Å². The third-order valence-corrected chi connectivity index (χ3v) is 7.82. The van der Waals surface area contributed by atoms with E-state index < -0.39 is 29.7 Å². The average molecular weight is 581 g/mol. The first-order valence-electron chi connectivity index (χ1n) is 11.2.